The van der Waals surface area contributed by atoms with Crippen LogP contribution in [0, 0.1) is 0 Å². The fourth-order valence-electron chi connectivity index (χ4n) is 2.32. The minimum atomic E-state index is -0.957. The molecule has 1 aromatic carbocycles. The van der Waals surface area contributed by atoms with E-state index in [-0.39, 0.29) is 17.0 Å². The van der Waals surface area contributed by atoms with Crippen LogP contribution in [0.3, 0.4) is 0 Å². The Kier molecular flexibility index (Phi) is 4.09. The number of aromatic carboxylic acids is 1. The number of nitrogens with two attached hydrogens (primary N) is 1. The minimum Gasteiger partial charge on any atom is -0.478 e. The zero-order valence-corrected chi connectivity index (χ0v) is 11.6. The van der Waals surface area contributed by atoms with Gasteiger partial charge in [0.1, 0.15) is 0 Å². The van der Waals surface area contributed by atoms with E-state index in [1.54, 1.807) is 12.1 Å². The van der Waals surface area contributed by atoms with E-state index < -0.39 is 5.97 Å². The number of piperidine rings is 1. The van der Waals surface area contributed by atoms with Crippen LogP contribution < -0.4 is 5.73 Å². The van der Waals surface area contributed by atoms with E-state index in [1.165, 1.54) is 12.1 Å². The number of hydrogen-bond donors (Lipinski definition) is 2. The summed E-state index contributed by atoms with van der Waals surface area (Å²) in [5.41, 5.74) is 6.95. The third kappa shape index (κ3) is 3.57. The lowest BCUT2D eigenvalue weighted by Crippen LogP contribution is -2.50. The fourth-order valence-corrected chi connectivity index (χ4v) is 2.32. The molecule has 20 heavy (non-hydrogen) atoms. The van der Waals surface area contributed by atoms with Gasteiger partial charge < -0.3 is 15.7 Å². The van der Waals surface area contributed by atoms with Gasteiger partial charge in [-0.05, 0) is 37.5 Å². The molecular weight excluding hydrogens is 256 g/mol. The van der Waals surface area contributed by atoms with Crippen molar-refractivity contribution >= 4 is 11.9 Å². The molecule has 0 bridgehead atoms. The van der Waals surface area contributed by atoms with E-state index in [2.05, 4.69) is 0 Å². The third-order valence-corrected chi connectivity index (χ3v) is 3.81. The fraction of sp³-hybridized carbons (Fsp3) is 0.467. The quantitative estimate of drug-likeness (QED) is 0.870. The Morgan fingerprint density at radius 2 is 1.80 bits per heavy atom. The average molecular weight is 276 g/mol. The van der Waals surface area contributed by atoms with Gasteiger partial charge in [0.05, 0.1) is 12.0 Å². The Morgan fingerprint density at radius 3 is 2.30 bits per heavy atom. The molecule has 5 heteroatoms. The zero-order valence-electron chi connectivity index (χ0n) is 11.6. The predicted octanol–water partition coefficient (Wildman–Crippen LogP) is 1.27. The Hall–Kier alpha value is -1.88. The molecule has 0 saturated carbocycles. The van der Waals surface area contributed by atoms with Crippen LogP contribution in [-0.4, -0.2) is 40.5 Å². The number of carboxylic acids is 1. The maximum absolute atomic E-state index is 12.2. The Morgan fingerprint density at radius 1 is 1.25 bits per heavy atom. The van der Waals surface area contributed by atoms with Crippen LogP contribution in [0.25, 0.3) is 0 Å². The summed E-state index contributed by atoms with van der Waals surface area (Å²) in [5, 5.41) is 8.82. The molecule has 1 heterocycles. The van der Waals surface area contributed by atoms with Crippen LogP contribution in [-0.2, 0) is 11.2 Å². The smallest absolute Gasteiger partial charge is 0.335 e. The number of carboxylic acid groups (broad SMARTS) is 1. The molecule has 0 aliphatic carbocycles. The van der Waals surface area contributed by atoms with Crippen molar-refractivity contribution < 1.29 is 14.7 Å². The summed E-state index contributed by atoms with van der Waals surface area (Å²) in [6, 6.07) is 6.44. The van der Waals surface area contributed by atoms with Gasteiger partial charge >= 0.3 is 5.97 Å². The van der Waals surface area contributed by atoms with Crippen molar-refractivity contribution in [1.82, 2.24) is 4.90 Å². The molecule has 2 rings (SSSR count). The maximum Gasteiger partial charge on any atom is 0.335 e. The molecule has 3 N–H and O–H groups in total. The number of rotatable bonds is 3. The molecule has 1 fully saturated rings. The topological polar surface area (TPSA) is 83.6 Å². The summed E-state index contributed by atoms with van der Waals surface area (Å²) in [6.07, 6.45) is 1.94. The van der Waals surface area contributed by atoms with Crippen LogP contribution in [0.1, 0.15) is 35.7 Å². The second-order valence-electron chi connectivity index (χ2n) is 5.71. The first kappa shape index (κ1) is 14.5. The Bertz CT molecular complexity index is 498. The van der Waals surface area contributed by atoms with E-state index in [9.17, 15) is 9.59 Å². The number of benzene rings is 1. The van der Waals surface area contributed by atoms with Crippen LogP contribution >= 0.6 is 0 Å². The molecule has 1 saturated heterocycles. The van der Waals surface area contributed by atoms with Gasteiger partial charge in [-0.3, -0.25) is 4.79 Å². The molecular formula is C15H20N2O3. The number of hydrogen-bond acceptors (Lipinski definition) is 3. The molecule has 1 aromatic rings. The molecule has 0 unspecified atom stereocenters. The van der Waals surface area contributed by atoms with Crippen molar-refractivity contribution in [1.29, 1.82) is 0 Å². The molecule has 0 radical (unpaired) electrons. The third-order valence-electron chi connectivity index (χ3n) is 3.81. The second kappa shape index (κ2) is 5.63. The zero-order chi connectivity index (χ0) is 14.8. The van der Waals surface area contributed by atoms with E-state index in [0.29, 0.717) is 19.5 Å². The molecule has 0 spiro atoms. The number of nitrogens with zero attached hydrogens (tertiary/aromatic N) is 1. The summed E-state index contributed by atoms with van der Waals surface area (Å²) in [5.74, 6) is -0.885. The molecule has 1 amide bonds. The summed E-state index contributed by atoms with van der Waals surface area (Å²) >= 11 is 0. The predicted molar refractivity (Wildman–Crippen MR) is 75.5 cm³/mol. The van der Waals surface area contributed by atoms with Gasteiger partial charge in [0.25, 0.3) is 0 Å². The number of likely N-dealkylation sites (tertiary alicyclic amines) is 1. The lowest BCUT2D eigenvalue weighted by atomic mass is 9.91. The highest BCUT2D eigenvalue weighted by Gasteiger charge is 2.28. The average Bonchev–Trinajstić information content (AvgIpc) is 2.39. The normalized spacial score (nSPS) is 17.8. The SMILES string of the molecule is CC1(N)CCN(C(=O)Cc2ccc(C(=O)O)cc2)CC1. The largest absolute Gasteiger partial charge is 0.478 e. The van der Waals surface area contributed by atoms with Crippen molar-refractivity contribution in [3.05, 3.63) is 35.4 Å². The van der Waals surface area contributed by atoms with Crippen LogP contribution in [0.5, 0.6) is 0 Å². The molecule has 108 valence electrons. The lowest BCUT2D eigenvalue weighted by Gasteiger charge is -2.36. The minimum absolute atomic E-state index is 0.0728. The van der Waals surface area contributed by atoms with Gasteiger partial charge in [-0.15, -0.1) is 0 Å². The van der Waals surface area contributed by atoms with Gasteiger partial charge in [-0.2, -0.15) is 0 Å². The van der Waals surface area contributed by atoms with Crippen molar-refractivity contribution in [2.75, 3.05) is 13.1 Å². The molecule has 0 aromatic heterocycles. The standard InChI is InChI=1S/C15H20N2O3/c1-15(16)6-8-17(9-7-15)13(18)10-11-2-4-12(5-3-11)14(19)20/h2-5H,6-10,16H2,1H3,(H,19,20). The van der Waals surface area contributed by atoms with Gasteiger partial charge in [0, 0.05) is 18.6 Å². The first-order chi connectivity index (χ1) is 9.37. The van der Waals surface area contributed by atoms with Crippen molar-refractivity contribution in [3.8, 4) is 0 Å². The number of carbonyl (C=O) groups is 2. The van der Waals surface area contributed by atoms with Crippen molar-refractivity contribution in [2.24, 2.45) is 5.73 Å². The first-order valence-electron chi connectivity index (χ1n) is 6.76. The van der Waals surface area contributed by atoms with E-state index in [4.69, 9.17) is 10.8 Å². The summed E-state index contributed by atoms with van der Waals surface area (Å²) in [7, 11) is 0. The molecule has 0 atom stereocenters. The van der Waals surface area contributed by atoms with Crippen LogP contribution in [0.4, 0.5) is 0 Å². The van der Waals surface area contributed by atoms with Crippen LogP contribution in [0.2, 0.25) is 0 Å². The summed E-state index contributed by atoms with van der Waals surface area (Å²) in [4.78, 5) is 24.8. The highest BCUT2D eigenvalue weighted by molar-refractivity contribution is 5.87. The van der Waals surface area contributed by atoms with E-state index >= 15 is 0 Å². The van der Waals surface area contributed by atoms with Crippen LogP contribution in [0.15, 0.2) is 24.3 Å². The highest BCUT2D eigenvalue weighted by atomic mass is 16.4. The van der Waals surface area contributed by atoms with E-state index in [0.717, 1.165) is 18.4 Å². The van der Waals surface area contributed by atoms with Crippen molar-refractivity contribution in [3.63, 3.8) is 0 Å². The highest BCUT2D eigenvalue weighted by Crippen LogP contribution is 2.19. The van der Waals surface area contributed by atoms with E-state index in [1.807, 2.05) is 11.8 Å². The van der Waals surface area contributed by atoms with Gasteiger partial charge in [0.2, 0.25) is 5.91 Å². The lowest BCUT2D eigenvalue weighted by molar-refractivity contribution is -0.131. The molecule has 5 nitrogen and oxygen atoms in total. The second-order valence-corrected chi connectivity index (χ2v) is 5.71. The first-order valence-corrected chi connectivity index (χ1v) is 6.76. The summed E-state index contributed by atoms with van der Waals surface area (Å²) < 4.78 is 0. The van der Waals surface area contributed by atoms with Gasteiger partial charge in [-0.25, -0.2) is 4.79 Å². The Labute approximate surface area is 118 Å². The molecule has 1 aliphatic rings. The maximum atomic E-state index is 12.2. The molecule has 1 aliphatic heterocycles. The summed E-state index contributed by atoms with van der Waals surface area (Å²) in [6.45, 7) is 3.40. The number of amides is 1. The van der Waals surface area contributed by atoms with Crippen molar-refractivity contribution in [2.45, 2.75) is 31.7 Å². The van der Waals surface area contributed by atoms with Gasteiger partial charge in [0.15, 0.2) is 0 Å². The number of carbonyl (C=O) groups excluding carboxylic acids is 1. The van der Waals surface area contributed by atoms with Gasteiger partial charge in [-0.1, -0.05) is 12.1 Å². The monoisotopic (exact) mass is 276 g/mol. The Balaban J connectivity index is 1.93.